The number of cyclic esters (lactones) is 1. The van der Waals surface area contributed by atoms with Gasteiger partial charge in [0.05, 0.1) is 26.1 Å². The molecule has 1 saturated heterocycles. The van der Waals surface area contributed by atoms with Crippen LogP contribution in [0.3, 0.4) is 0 Å². The van der Waals surface area contributed by atoms with Gasteiger partial charge in [0.15, 0.2) is 11.4 Å². The summed E-state index contributed by atoms with van der Waals surface area (Å²) in [5.41, 5.74) is -4.20. The number of aliphatic hydroxyl groups is 1. The molecule has 0 amide bonds. The Bertz CT molecular complexity index is 1480. The number of hydrogen-bond donors (Lipinski definition) is 1. The normalized spacial score (nSPS) is 37.7. The molecular formula is C34H42O11. The van der Waals surface area contributed by atoms with Gasteiger partial charge in [-0.3, -0.25) is 14.4 Å². The minimum atomic E-state index is -2.33. The second kappa shape index (κ2) is 11.0. The number of fused-ring (bicyclic) bond motifs is 6. The third kappa shape index (κ3) is 4.68. The van der Waals surface area contributed by atoms with Crippen molar-refractivity contribution in [2.24, 2.45) is 34.0 Å². The first-order valence-corrected chi connectivity index (χ1v) is 15.3. The van der Waals surface area contributed by atoms with Gasteiger partial charge < -0.3 is 28.5 Å². The fourth-order valence-corrected chi connectivity index (χ4v) is 9.06. The first-order chi connectivity index (χ1) is 21.0. The highest BCUT2D eigenvalue weighted by molar-refractivity contribution is 6.00. The van der Waals surface area contributed by atoms with Gasteiger partial charge in [-0.15, -0.1) is 0 Å². The lowest BCUT2D eigenvalue weighted by Crippen LogP contribution is -2.76. The van der Waals surface area contributed by atoms with E-state index in [4.69, 9.17) is 23.4 Å². The standard InChI is InChI=1S/C34H42O11/c1-9-17(2)27(37)45-30-31(4,5)25(24(28(38)41-8)43-18(3)35)33(7)21-10-12-32(6)22(20(21)15-34(30,40)29(33)39)14-23(36)44-26(32)19-11-13-42-16-19/h9,11,13,15-16,21-22,24-26,30,40H,10,12,14H2,1-8H3/b17-9+/t21-,22+,24+,25-,26-,30-,32+,33+,34-/m0/s1. The van der Waals surface area contributed by atoms with Crippen LogP contribution >= 0.6 is 0 Å². The second-order valence-corrected chi connectivity index (χ2v) is 14.0. The highest BCUT2D eigenvalue weighted by Gasteiger charge is 2.76. The van der Waals surface area contributed by atoms with Gasteiger partial charge in [-0.2, -0.15) is 0 Å². The summed E-state index contributed by atoms with van der Waals surface area (Å²) in [6.07, 6.45) is 3.35. The summed E-state index contributed by atoms with van der Waals surface area (Å²) in [6, 6.07) is 1.75. The average Bonchev–Trinajstić information content (AvgIpc) is 3.51. The zero-order valence-corrected chi connectivity index (χ0v) is 27.0. The predicted molar refractivity (Wildman–Crippen MR) is 157 cm³/mol. The summed E-state index contributed by atoms with van der Waals surface area (Å²) in [6.45, 7) is 11.4. The van der Waals surface area contributed by atoms with Crippen LogP contribution in [0.4, 0.5) is 0 Å². The maximum Gasteiger partial charge on any atom is 0.347 e. The first kappa shape index (κ1) is 32.7. The van der Waals surface area contributed by atoms with E-state index < -0.39 is 87.6 Å². The Kier molecular flexibility index (Phi) is 7.95. The summed E-state index contributed by atoms with van der Waals surface area (Å²) in [7, 11) is 1.16. The topological polar surface area (TPSA) is 156 Å². The number of rotatable bonds is 6. The van der Waals surface area contributed by atoms with Crippen molar-refractivity contribution < 1.29 is 52.4 Å². The van der Waals surface area contributed by atoms with Gasteiger partial charge in [-0.05, 0) is 50.7 Å². The summed E-state index contributed by atoms with van der Waals surface area (Å²) < 4.78 is 27.9. The minimum absolute atomic E-state index is 0.00585. The molecule has 5 rings (SSSR count). The highest BCUT2D eigenvalue weighted by atomic mass is 16.6. The van der Waals surface area contributed by atoms with Crippen molar-refractivity contribution in [2.75, 3.05) is 7.11 Å². The smallest absolute Gasteiger partial charge is 0.347 e. The number of allylic oxidation sites excluding steroid dienone is 2. The SMILES string of the molecule is C/C=C(\C)C(=O)O[C@H]1C(C)(C)[C@H]([C@@H](OC(C)=O)C(=O)OC)[C@]2(C)C(=O)[C@@]1(O)C=C1[C@H]3CC(=O)O[C@@H](c4ccoc4)[C@]3(C)CC[C@@H]12. The van der Waals surface area contributed by atoms with Gasteiger partial charge in [-0.1, -0.05) is 39.3 Å². The van der Waals surface area contributed by atoms with Crippen LogP contribution in [-0.4, -0.2) is 59.7 Å². The molecule has 0 aromatic carbocycles. The van der Waals surface area contributed by atoms with Crippen LogP contribution < -0.4 is 0 Å². The number of carbonyl (C=O) groups excluding carboxylic acids is 5. The molecule has 2 heterocycles. The van der Waals surface area contributed by atoms with Crippen LogP contribution in [0.5, 0.6) is 0 Å². The molecule has 1 aliphatic heterocycles. The highest BCUT2D eigenvalue weighted by Crippen LogP contribution is 2.69. The lowest BCUT2D eigenvalue weighted by atomic mass is 9.39. The molecule has 11 nitrogen and oxygen atoms in total. The number of ketones is 1. The van der Waals surface area contributed by atoms with E-state index in [1.807, 2.05) is 6.92 Å². The van der Waals surface area contributed by atoms with Crippen LogP contribution in [0.1, 0.15) is 79.4 Å². The van der Waals surface area contributed by atoms with Crippen LogP contribution in [0.25, 0.3) is 0 Å². The molecule has 1 aromatic heterocycles. The molecule has 0 spiro atoms. The van der Waals surface area contributed by atoms with Gasteiger partial charge in [0, 0.05) is 40.2 Å². The summed E-state index contributed by atoms with van der Waals surface area (Å²) in [5, 5.41) is 12.6. The van der Waals surface area contributed by atoms with Crippen LogP contribution in [0.2, 0.25) is 0 Å². The van der Waals surface area contributed by atoms with Crippen molar-refractivity contribution in [3.05, 3.63) is 47.5 Å². The van der Waals surface area contributed by atoms with Crippen molar-refractivity contribution in [3.8, 4) is 0 Å². The molecule has 3 fully saturated rings. The first-order valence-electron chi connectivity index (χ1n) is 15.3. The number of hydrogen-bond acceptors (Lipinski definition) is 11. The molecule has 2 bridgehead atoms. The van der Waals surface area contributed by atoms with Crippen molar-refractivity contribution in [1.82, 2.24) is 0 Å². The Morgan fingerprint density at radius 2 is 1.80 bits per heavy atom. The van der Waals surface area contributed by atoms with E-state index >= 15 is 0 Å². The maximum absolute atomic E-state index is 14.8. The Labute approximate surface area is 262 Å². The number of furan rings is 1. The minimum Gasteiger partial charge on any atom is -0.472 e. The Morgan fingerprint density at radius 1 is 1.11 bits per heavy atom. The Balaban J connectivity index is 1.76. The molecule has 2 saturated carbocycles. The molecule has 4 aliphatic rings. The Morgan fingerprint density at radius 3 is 2.38 bits per heavy atom. The molecule has 1 aromatic rings. The molecule has 0 unspecified atom stereocenters. The molecule has 45 heavy (non-hydrogen) atoms. The van der Waals surface area contributed by atoms with E-state index in [-0.39, 0.29) is 12.0 Å². The predicted octanol–water partition coefficient (Wildman–Crippen LogP) is 4.19. The zero-order valence-electron chi connectivity index (χ0n) is 27.0. The molecule has 3 aliphatic carbocycles. The molecule has 9 atom stereocenters. The van der Waals surface area contributed by atoms with E-state index in [1.165, 1.54) is 18.6 Å². The van der Waals surface area contributed by atoms with E-state index in [9.17, 15) is 29.1 Å². The van der Waals surface area contributed by atoms with Crippen molar-refractivity contribution in [1.29, 1.82) is 0 Å². The number of esters is 4. The largest absolute Gasteiger partial charge is 0.472 e. The van der Waals surface area contributed by atoms with E-state index in [0.717, 1.165) is 14.0 Å². The number of carbonyl (C=O) groups is 5. The summed E-state index contributed by atoms with van der Waals surface area (Å²) >= 11 is 0. The number of ether oxygens (including phenoxy) is 4. The van der Waals surface area contributed by atoms with Crippen LogP contribution in [0.15, 0.2) is 46.3 Å². The van der Waals surface area contributed by atoms with Gasteiger partial charge in [0.2, 0.25) is 6.10 Å². The third-order valence-corrected chi connectivity index (χ3v) is 11.1. The van der Waals surface area contributed by atoms with Gasteiger partial charge in [0.1, 0.15) is 12.2 Å². The van der Waals surface area contributed by atoms with E-state index in [2.05, 4.69) is 0 Å². The lowest BCUT2D eigenvalue weighted by Gasteiger charge is -2.66. The monoisotopic (exact) mass is 626 g/mol. The molecular weight excluding hydrogens is 584 g/mol. The van der Waals surface area contributed by atoms with E-state index in [1.54, 1.807) is 46.8 Å². The lowest BCUT2D eigenvalue weighted by molar-refractivity contribution is -0.238. The summed E-state index contributed by atoms with van der Waals surface area (Å²) in [5.74, 6) is -5.63. The van der Waals surface area contributed by atoms with Crippen molar-refractivity contribution >= 4 is 29.7 Å². The third-order valence-electron chi connectivity index (χ3n) is 11.1. The molecule has 11 heteroatoms. The zero-order chi connectivity index (χ0) is 33.3. The van der Waals surface area contributed by atoms with Crippen LogP contribution in [0, 0.1) is 34.0 Å². The van der Waals surface area contributed by atoms with Gasteiger partial charge in [-0.25, -0.2) is 9.59 Å². The van der Waals surface area contributed by atoms with Crippen molar-refractivity contribution in [2.45, 2.75) is 91.6 Å². The fraction of sp³-hybridized carbons (Fsp3) is 0.618. The molecule has 1 N–H and O–H groups in total. The average molecular weight is 627 g/mol. The molecule has 244 valence electrons. The second-order valence-electron chi connectivity index (χ2n) is 14.0. The van der Waals surface area contributed by atoms with E-state index in [0.29, 0.717) is 24.0 Å². The van der Waals surface area contributed by atoms with Gasteiger partial charge in [0.25, 0.3) is 0 Å². The van der Waals surface area contributed by atoms with Crippen LogP contribution in [-0.2, 0) is 42.9 Å². The van der Waals surface area contributed by atoms with Crippen molar-refractivity contribution in [3.63, 3.8) is 0 Å². The summed E-state index contributed by atoms with van der Waals surface area (Å²) in [4.78, 5) is 67.0. The fourth-order valence-electron chi connectivity index (χ4n) is 9.06. The number of methoxy groups -OCH3 is 1. The molecule has 0 radical (unpaired) electrons. The van der Waals surface area contributed by atoms with Gasteiger partial charge >= 0.3 is 23.9 Å². The number of Topliss-reactive ketones (excluding diaryl/α,β-unsaturated/α-hetero) is 1. The quantitative estimate of drug-likeness (QED) is 0.209. The maximum atomic E-state index is 14.8. The Hall–Kier alpha value is -3.73.